The van der Waals surface area contributed by atoms with Crippen molar-refractivity contribution in [3.63, 3.8) is 0 Å². The zero-order chi connectivity index (χ0) is 40.9. The molecule has 1 fully saturated rings. The zero-order valence-corrected chi connectivity index (χ0v) is 35.1. The SMILES string of the molecule is CCCCC/C=C\C/C=C\C/C=C\CCCCCCCCC(=O)NC(COC1OC(CO)C(O)C(O)C1O)C(O)/C=C/CC/C=C/CC/C=C/CCCCCC. The highest BCUT2D eigenvalue weighted by atomic mass is 16.7. The number of rotatable bonds is 35. The lowest BCUT2D eigenvalue weighted by Gasteiger charge is -2.40. The van der Waals surface area contributed by atoms with Crippen LogP contribution in [0.1, 0.15) is 162 Å². The number of hydrogen-bond acceptors (Lipinski definition) is 8. The molecule has 0 bridgehead atoms. The third-order valence-corrected chi connectivity index (χ3v) is 9.98. The van der Waals surface area contributed by atoms with Crippen LogP contribution < -0.4 is 5.32 Å². The average molecular weight is 788 g/mol. The predicted molar refractivity (Wildman–Crippen MR) is 230 cm³/mol. The summed E-state index contributed by atoms with van der Waals surface area (Å²) in [6, 6.07) is -0.837. The first-order valence-electron chi connectivity index (χ1n) is 22.2. The smallest absolute Gasteiger partial charge is 0.220 e. The van der Waals surface area contributed by atoms with Crippen LogP contribution in [0.4, 0.5) is 0 Å². The van der Waals surface area contributed by atoms with Gasteiger partial charge in [-0.3, -0.25) is 4.79 Å². The summed E-state index contributed by atoms with van der Waals surface area (Å²) in [6.07, 6.45) is 42.2. The van der Waals surface area contributed by atoms with E-state index in [9.17, 15) is 30.3 Å². The van der Waals surface area contributed by atoms with Gasteiger partial charge < -0.3 is 40.3 Å². The molecule has 7 atom stereocenters. The van der Waals surface area contributed by atoms with Gasteiger partial charge in [-0.05, 0) is 83.5 Å². The van der Waals surface area contributed by atoms with Gasteiger partial charge in [0.05, 0.1) is 25.4 Å². The summed E-state index contributed by atoms with van der Waals surface area (Å²) in [5.74, 6) is -0.208. The highest BCUT2D eigenvalue weighted by Crippen LogP contribution is 2.22. The summed E-state index contributed by atoms with van der Waals surface area (Å²) >= 11 is 0. The molecule has 9 heteroatoms. The molecule has 0 aromatic rings. The Morgan fingerprint density at radius 3 is 1.66 bits per heavy atom. The number of aliphatic hydroxyl groups excluding tert-OH is 5. The van der Waals surface area contributed by atoms with E-state index < -0.39 is 49.5 Å². The summed E-state index contributed by atoms with van der Waals surface area (Å²) in [5.41, 5.74) is 0. The fourth-order valence-electron chi connectivity index (χ4n) is 6.37. The van der Waals surface area contributed by atoms with Crippen molar-refractivity contribution >= 4 is 5.91 Å². The lowest BCUT2D eigenvalue weighted by Crippen LogP contribution is -2.60. The molecule has 1 rings (SSSR count). The molecule has 1 heterocycles. The first-order valence-corrected chi connectivity index (χ1v) is 22.2. The second-order valence-corrected chi connectivity index (χ2v) is 15.1. The Kier molecular flexibility index (Phi) is 34.1. The molecule has 1 aliphatic heterocycles. The number of ether oxygens (including phenoxy) is 2. The summed E-state index contributed by atoms with van der Waals surface area (Å²) in [7, 11) is 0. The van der Waals surface area contributed by atoms with E-state index >= 15 is 0 Å². The Hall–Kier alpha value is -2.37. The van der Waals surface area contributed by atoms with Crippen LogP contribution in [0, 0.1) is 0 Å². The number of hydrogen-bond donors (Lipinski definition) is 6. The fraction of sp³-hybridized carbons (Fsp3) is 0.723. The van der Waals surface area contributed by atoms with Crippen molar-refractivity contribution in [1.82, 2.24) is 5.32 Å². The second-order valence-electron chi connectivity index (χ2n) is 15.1. The number of carbonyl (C=O) groups is 1. The van der Waals surface area contributed by atoms with Gasteiger partial charge in [0, 0.05) is 6.42 Å². The summed E-state index contributed by atoms with van der Waals surface area (Å²) in [4.78, 5) is 12.9. The van der Waals surface area contributed by atoms with E-state index in [1.54, 1.807) is 6.08 Å². The molecule has 0 spiro atoms. The molecule has 0 saturated carbocycles. The van der Waals surface area contributed by atoms with Gasteiger partial charge in [-0.2, -0.15) is 0 Å². The number of amides is 1. The minimum Gasteiger partial charge on any atom is -0.394 e. The Bertz CT molecular complexity index is 1100. The molecule has 0 aliphatic carbocycles. The summed E-state index contributed by atoms with van der Waals surface area (Å²) in [5, 5.41) is 54.1. The largest absolute Gasteiger partial charge is 0.394 e. The monoisotopic (exact) mass is 788 g/mol. The normalized spacial score (nSPS) is 21.9. The van der Waals surface area contributed by atoms with Gasteiger partial charge in [-0.1, -0.05) is 145 Å². The second kappa shape index (κ2) is 36.9. The molecule has 9 nitrogen and oxygen atoms in total. The maximum absolute atomic E-state index is 12.9. The van der Waals surface area contributed by atoms with Gasteiger partial charge in [0.2, 0.25) is 5.91 Å². The van der Waals surface area contributed by atoms with Crippen LogP contribution in [0.5, 0.6) is 0 Å². The predicted octanol–water partition coefficient (Wildman–Crippen LogP) is 9.00. The molecule has 0 radical (unpaired) electrons. The molecule has 7 unspecified atom stereocenters. The number of nitrogens with one attached hydrogen (secondary N) is 1. The highest BCUT2D eigenvalue weighted by molar-refractivity contribution is 5.76. The molecule has 1 saturated heterocycles. The van der Waals surface area contributed by atoms with Crippen LogP contribution >= 0.6 is 0 Å². The minimum absolute atomic E-state index is 0.208. The number of carbonyl (C=O) groups excluding carboxylic acids is 1. The molecular weight excluding hydrogens is 707 g/mol. The van der Waals surface area contributed by atoms with E-state index in [4.69, 9.17) is 9.47 Å². The van der Waals surface area contributed by atoms with Gasteiger partial charge in [0.15, 0.2) is 6.29 Å². The Balaban J connectivity index is 2.42. The van der Waals surface area contributed by atoms with Crippen LogP contribution in [0.2, 0.25) is 0 Å². The first kappa shape index (κ1) is 51.6. The molecule has 322 valence electrons. The van der Waals surface area contributed by atoms with Gasteiger partial charge in [0.1, 0.15) is 24.4 Å². The van der Waals surface area contributed by atoms with E-state index in [2.05, 4.69) is 79.9 Å². The third kappa shape index (κ3) is 27.3. The highest BCUT2D eigenvalue weighted by Gasteiger charge is 2.44. The van der Waals surface area contributed by atoms with Crippen molar-refractivity contribution < 1.29 is 39.8 Å². The van der Waals surface area contributed by atoms with E-state index in [1.165, 1.54) is 51.4 Å². The standard InChI is InChI=1S/C47H81NO8/c1-3-5-7-9-11-13-15-17-19-20-21-22-23-25-27-29-31-33-35-37-43(51)48-40(39-55-47-46(54)45(53)44(52)42(38-49)56-47)41(50)36-34-32-30-28-26-24-18-16-14-12-10-8-6-4-2/h11,13-14,16-17,19,21-22,26,28,34,36,40-42,44-47,49-50,52-54H,3-10,12,15,18,20,23-25,27,29-33,35,37-39H2,1-2H3,(H,48,51)/b13-11-,16-14+,19-17-,22-21-,28-26+,36-34+. The van der Waals surface area contributed by atoms with Crippen molar-refractivity contribution in [2.45, 2.75) is 204 Å². The molecule has 0 aromatic heterocycles. The van der Waals surface area contributed by atoms with E-state index in [1.807, 2.05) is 6.08 Å². The van der Waals surface area contributed by atoms with E-state index in [-0.39, 0.29) is 12.5 Å². The maximum Gasteiger partial charge on any atom is 0.220 e. The summed E-state index contributed by atoms with van der Waals surface area (Å²) < 4.78 is 11.2. The minimum atomic E-state index is -1.58. The van der Waals surface area contributed by atoms with Gasteiger partial charge in [-0.25, -0.2) is 0 Å². The molecule has 1 amide bonds. The van der Waals surface area contributed by atoms with Gasteiger partial charge in [-0.15, -0.1) is 0 Å². The van der Waals surface area contributed by atoms with Gasteiger partial charge in [0.25, 0.3) is 0 Å². The number of aliphatic hydroxyl groups is 5. The molecular formula is C47H81NO8. The topological polar surface area (TPSA) is 149 Å². The van der Waals surface area contributed by atoms with Crippen molar-refractivity contribution in [1.29, 1.82) is 0 Å². The van der Waals surface area contributed by atoms with E-state index in [0.29, 0.717) is 6.42 Å². The number of allylic oxidation sites excluding steroid dienone is 11. The fourth-order valence-corrected chi connectivity index (χ4v) is 6.37. The lowest BCUT2D eigenvalue weighted by atomic mass is 9.99. The number of unbranched alkanes of at least 4 members (excludes halogenated alkanes) is 15. The van der Waals surface area contributed by atoms with Crippen molar-refractivity contribution in [2.75, 3.05) is 13.2 Å². The molecule has 56 heavy (non-hydrogen) atoms. The lowest BCUT2D eigenvalue weighted by molar-refractivity contribution is -0.302. The van der Waals surface area contributed by atoms with Crippen molar-refractivity contribution in [2.24, 2.45) is 0 Å². The third-order valence-electron chi connectivity index (χ3n) is 9.98. The van der Waals surface area contributed by atoms with Crippen molar-refractivity contribution in [3.05, 3.63) is 72.9 Å². The van der Waals surface area contributed by atoms with Crippen LogP contribution in [0.3, 0.4) is 0 Å². The molecule has 0 aromatic carbocycles. The first-order chi connectivity index (χ1) is 27.3. The molecule has 1 aliphatic rings. The maximum atomic E-state index is 12.9. The van der Waals surface area contributed by atoms with Crippen LogP contribution in [-0.4, -0.2) is 87.5 Å². The Morgan fingerprint density at radius 1 is 0.607 bits per heavy atom. The van der Waals surface area contributed by atoms with E-state index in [0.717, 1.165) is 89.9 Å². The summed E-state index contributed by atoms with van der Waals surface area (Å²) in [6.45, 7) is 3.67. The average Bonchev–Trinajstić information content (AvgIpc) is 3.20. The van der Waals surface area contributed by atoms with Crippen LogP contribution in [0.15, 0.2) is 72.9 Å². The Morgan fingerprint density at radius 2 is 1.07 bits per heavy atom. The van der Waals surface area contributed by atoms with Crippen LogP contribution in [-0.2, 0) is 14.3 Å². The van der Waals surface area contributed by atoms with Crippen LogP contribution in [0.25, 0.3) is 0 Å². The van der Waals surface area contributed by atoms with Gasteiger partial charge >= 0.3 is 0 Å². The Labute approximate surface area is 340 Å². The quantitative estimate of drug-likeness (QED) is 0.0276. The van der Waals surface area contributed by atoms with Crippen molar-refractivity contribution in [3.8, 4) is 0 Å². The molecule has 6 N–H and O–H groups in total. The zero-order valence-electron chi connectivity index (χ0n) is 35.1.